The molecule has 2 N–H and O–H groups in total. The Morgan fingerprint density at radius 3 is 2.81 bits per heavy atom. The van der Waals surface area contributed by atoms with E-state index in [1.54, 1.807) is 0 Å². The van der Waals surface area contributed by atoms with Gasteiger partial charge in [0, 0.05) is 24.0 Å². The molecule has 0 bridgehead atoms. The van der Waals surface area contributed by atoms with Crippen LogP contribution < -0.4 is 10.5 Å². The van der Waals surface area contributed by atoms with Crippen LogP contribution in [-0.2, 0) is 4.79 Å². The maximum Gasteiger partial charge on any atom is 0.222 e. The standard InChI is InChI=1S/C16H23BrN2O2/c17-14-3-1-4-15(11-14)21-10-2-5-16(20)19-8-6-13(12-18)7-9-19/h1,3-4,11,13H,2,5-10,12,18H2. The number of piperidine rings is 1. The molecule has 1 fully saturated rings. The van der Waals surface area contributed by atoms with Crippen molar-refractivity contribution in [3.05, 3.63) is 28.7 Å². The average molecular weight is 355 g/mol. The smallest absolute Gasteiger partial charge is 0.222 e. The summed E-state index contributed by atoms with van der Waals surface area (Å²) in [5.41, 5.74) is 5.67. The lowest BCUT2D eigenvalue weighted by molar-refractivity contribution is -0.132. The highest BCUT2D eigenvalue weighted by atomic mass is 79.9. The molecule has 0 aliphatic carbocycles. The van der Waals surface area contributed by atoms with E-state index in [1.165, 1.54) is 0 Å². The van der Waals surface area contributed by atoms with E-state index in [-0.39, 0.29) is 5.91 Å². The minimum absolute atomic E-state index is 0.239. The second-order valence-corrected chi connectivity index (χ2v) is 6.38. The second-order valence-electron chi connectivity index (χ2n) is 5.47. The van der Waals surface area contributed by atoms with E-state index < -0.39 is 0 Å². The van der Waals surface area contributed by atoms with E-state index in [2.05, 4.69) is 15.9 Å². The number of carbonyl (C=O) groups excluding carboxylic acids is 1. The van der Waals surface area contributed by atoms with Gasteiger partial charge in [-0.15, -0.1) is 0 Å². The number of benzene rings is 1. The Hall–Kier alpha value is -1.07. The molecule has 1 aromatic carbocycles. The number of hydrogen-bond donors (Lipinski definition) is 1. The third-order valence-corrected chi connectivity index (χ3v) is 4.39. The van der Waals surface area contributed by atoms with Gasteiger partial charge in [-0.3, -0.25) is 4.79 Å². The summed E-state index contributed by atoms with van der Waals surface area (Å²) in [5.74, 6) is 1.66. The van der Waals surface area contributed by atoms with E-state index >= 15 is 0 Å². The third-order valence-electron chi connectivity index (χ3n) is 3.90. The number of nitrogens with two attached hydrogens (primary N) is 1. The first kappa shape index (κ1) is 16.3. The molecule has 21 heavy (non-hydrogen) atoms. The molecule has 5 heteroatoms. The zero-order chi connectivity index (χ0) is 15.1. The van der Waals surface area contributed by atoms with Gasteiger partial charge in [-0.05, 0) is 49.9 Å². The highest BCUT2D eigenvalue weighted by Gasteiger charge is 2.21. The maximum absolute atomic E-state index is 12.1. The number of carbonyl (C=O) groups is 1. The zero-order valence-corrected chi connectivity index (χ0v) is 13.8. The Kier molecular flexibility index (Phi) is 6.51. The molecule has 0 atom stereocenters. The van der Waals surface area contributed by atoms with E-state index in [0.717, 1.165) is 49.1 Å². The first-order valence-electron chi connectivity index (χ1n) is 7.55. The van der Waals surface area contributed by atoms with Gasteiger partial charge in [0.2, 0.25) is 5.91 Å². The summed E-state index contributed by atoms with van der Waals surface area (Å²) in [5, 5.41) is 0. The van der Waals surface area contributed by atoms with Crippen LogP contribution >= 0.6 is 15.9 Å². The molecule has 0 spiro atoms. The molecule has 2 rings (SSSR count). The maximum atomic E-state index is 12.1. The van der Waals surface area contributed by atoms with Crippen molar-refractivity contribution in [1.29, 1.82) is 0 Å². The average Bonchev–Trinajstić information content (AvgIpc) is 2.51. The Balaban J connectivity index is 1.63. The van der Waals surface area contributed by atoms with Gasteiger partial charge in [0.15, 0.2) is 0 Å². The number of likely N-dealkylation sites (tertiary alicyclic amines) is 1. The molecular formula is C16H23BrN2O2. The fraction of sp³-hybridized carbons (Fsp3) is 0.562. The molecule has 1 heterocycles. The molecule has 0 aromatic heterocycles. The lowest BCUT2D eigenvalue weighted by Gasteiger charge is -2.31. The van der Waals surface area contributed by atoms with Gasteiger partial charge in [0.25, 0.3) is 0 Å². The molecule has 4 nitrogen and oxygen atoms in total. The lowest BCUT2D eigenvalue weighted by atomic mass is 9.97. The number of amides is 1. The normalized spacial score (nSPS) is 16.0. The van der Waals surface area contributed by atoms with Crippen LogP contribution in [0, 0.1) is 5.92 Å². The number of nitrogens with zero attached hydrogens (tertiary/aromatic N) is 1. The lowest BCUT2D eigenvalue weighted by Crippen LogP contribution is -2.40. The highest BCUT2D eigenvalue weighted by molar-refractivity contribution is 9.10. The zero-order valence-electron chi connectivity index (χ0n) is 12.3. The summed E-state index contributed by atoms with van der Waals surface area (Å²) in [6, 6.07) is 7.75. The van der Waals surface area contributed by atoms with Gasteiger partial charge in [-0.1, -0.05) is 22.0 Å². The predicted molar refractivity (Wildman–Crippen MR) is 87.2 cm³/mol. The highest BCUT2D eigenvalue weighted by Crippen LogP contribution is 2.19. The van der Waals surface area contributed by atoms with Crippen LogP contribution in [0.1, 0.15) is 25.7 Å². The summed E-state index contributed by atoms with van der Waals surface area (Å²) in [7, 11) is 0. The van der Waals surface area contributed by atoms with Crippen molar-refractivity contribution in [2.24, 2.45) is 11.7 Å². The van der Waals surface area contributed by atoms with Crippen LogP contribution in [0.15, 0.2) is 28.7 Å². The Morgan fingerprint density at radius 2 is 2.14 bits per heavy atom. The molecule has 0 saturated carbocycles. The molecule has 1 aliphatic rings. The van der Waals surface area contributed by atoms with Crippen molar-refractivity contribution in [3.63, 3.8) is 0 Å². The van der Waals surface area contributed by atoms with Crippen molar-refractivity contribution in [2.75, 3.05) is 26.2 Å². The molecule has 0 radical (unpaired) electrons. The minimum Gasteiger partial charge on any atom is -0.494 e. The van der Waals surface area contributed by atoms with Gasteiger partial charge in [-0.25, -0.2) is 0 Å². The summed E-state index contributed by atoms with van der Waals surface area (Å²) >= 11 is 3.41. The topological polar surface area (TPSA) is 55.6 Å². The summed E-state index contributed by atoms with van der Waals surface area (Å²) in [6.07, 6.45) is 3.39. The van der Waals surface area contributed by atoms with E-state index in [1.807, 2.05) is 29.2 Å². The molecule has 1 amide bonds. The molecular weight excluding hydrogens is 332 g/mol. The van der Waals surface area contributed by atoms with Crippen LogP contribution in [-0.4, -0.2) is 37.0 Å². The molecule has 1 aromatic rings. The van der Waals surface area contributed by atoms with Crippen molar-refractivity contribution in [1.82, 2.24) is 4.90 Å². The quantitative estimate of drug-likeness (QED) is 0.799. The van der Waals surface area contributed by atoms with E-state index in [9.17, 15) is 4.79 Å². The Bertz CT molecular complexity index is 459. The largest absolute Gasteiger partial charge is 0.494 e. The monoisotopic (exact) mass is 354 g/mol. The number of halogens is 1. The number of ether oxygens (including phenoxy) is 1. The first-order chi connectivity index (χ1) is 10.2. The minimum atomic E-state index is 0.239. The summed E-state index contributed by atoms with van der Waals surface area (Å²) in [6.45, 7) is 3.02. The van der Waals surface area contributed by atoms with Gasteiger partial charge in [-0.2, -0.15) is 0 Å². The Labute approximate surface area is 134 Å². The van der Waals surface area contributed by atoms with Crippen LogP contribution in [0.2, 0.25) is 0 Å². The molecule has 116 valence electrons. The van der Waals surface area contributed by atoms with Crippen molar-refractivity contribution < 1.29 is 9.53 Å². The van der Waals surface area contributed by atoms with Gasteiger partial charge >= 0.3 is 0 Å². The van der Waals surface area contributed by atoms with Crippen LogP contribution in [0.5, 0.6) is 5.75 Å². The van der Waals surface area contributed by atoms with Crippen molar-refractivity contribution in [2.45, 2.75) is 25.7 Å². The fourth-order valence-corrected chi connectivity index (χ4v) is 2.92. The second kappa shape index (κ2) is 8.39. The fourth-order valence-electron chi connectivity index (χ4n) is 2.55. The summed E-state index contributed by atoms with van der Waals surface area (Å²) < 4.78 is 6.64. The Morgan fingerprint density at radius 1 is 1.38 bits per heavy atom. The van der Waals surface area contributed by atoms with Crippen LogP contribution in [0.4, 0.5) is 0 Å². The molecule has 1 aliphatic heterocycles. The van der Waals surface area contributed by atoms with Gasteiger partial charge in [0.1, 0.15) is 5.75 Å². The molecule has 0 unspecified atom stereocenters. The summed E-state index contributed by atoms with van der Waals surface area (Å²) in [4.78, 5) is 14.1. The van der Waals surface area contributed by atoms with E-state index in [4.69, 9.17) is 10.5 Å². The van der Waals surface area contributed by atoms with Gasteiger partial charge in [0.05, 0.1) is 6.61 Å². The SMILES string of the molecule is NCC1CCN(C(=O)CCCOc2cccc(Br)c2)CC1. The van der Waals surface area contributed by atoms with Gasteiger partial charge < -0.3 is 15.4 Å². The van der Waals surface area contributed by atoms with Crippen molar-refractivity contribution >= 4 is 21.8 Å². The first-order valence-corrected chi connectivity index (χ1v) is 8.34. The third kappa shape index (κ3) is 5.32. The number of rotatable bonds is 6. The number of hydrogen-bond acceptors (Lipinski definition) is 3. The van der Waals surface area contributed by atoms with Crippen LogP contribution in [0.3, 0.4) is 0 Å². The van der Waals surface area contributed by atoms with Crippen molar-refractivity contribution in [3.8, 4) is 5.75 Å². The predicted octanol–water partition coefficient (Wildman–Crippen LogP) is 2.81. The van der Waals surface area contributed by atoms with E-state index in [0.29, 0.717) is 18.9 Å². The van der Waals surface area contributed by atoms with Crippen LogP contribution in [0.25, 0.3) is 0 Å². The molecule has 1 saturated heterocycles.